The lowest BCUT2D eigenvalue weighted by Gasteiger charge is -2.28. The molecule has 0 bridgehead atoms. The molecule has 0 aliphatic rings. The van der Waals surface area contributed by atoms with E-state index in [1.54, 1.807) is 6.92 Å². The average Bonchev–Trinajstić information content (AvgIpc) is 2.60. The standard InChI is InChI=1S/C21H41N3O3/c1-7-8-9-10-11-12-13-14-15-18(25)23-20(22)24(6)16-19(26)27-17(2)21(3,4)5/h17H,7-16H2,1-6H3,(H2,22,23,25)/i6D3. The molecule has 158 valence electrons. The van der Waals surface area contributed by atoms with E-state index < -0.39 is 37.5 Å². The van der Waals surface area contributed by atoms with Crippen molar-refractivity contribution in [1.82, 2.24) is 10.2 Å². The highest BCUT2D eigenvalue weighted by atomic mass is 16.5. The van der Waals surface area contributed by atoms with Crippen molar-refractivity contribution in [1.29, 1.82) is 5.41 Å². The van der Waals surface area contributed by atoms with Crippen molar-refractivity contribution in [3.05, 3.63) is 0 Å². The molecule has 0 aromatic rings. The van der Waals surface area contributed by atoms with Gasteiger partial charge >= 0.3 is 5.97 Å². The number of likely N-dealkylation sites (N-methyl/N-ethyl adjacent to an activating group) is 1. The summed E-state index contributed by atoms with van der Waals surface area (Å²) in [5.41, 5.74) is -0.293. The summed E-state index contributed by atoms with van der Waals surface area (Å²) in [6, 6.07) is 0. The maximum absolute atomic E-state index is 12.2. The molecule has 0 saturated carbocycles. The molecule has 0 fully saturated rings. The van der Waals surface area contributed by atoms with E-state index in [2.05, 4.69) is 12.2 Å². The minimum absolute atomic E-state index is 0.220. The molecule has 0 heterocycles. The highest BCUT2D eigenvalue weighted by Gasteiger charge is 2.24. The lowest BCUT2D eigenvalue weighted by Crippen LogP contribution is -2.44. The summed E-state index contributed by atoms with van der Waals surface area (Å²) in [5.74, 6) is -1.78. The van der Waals surface area contributed by atoms with Crippen LogP contribution in [-0.2, 0) is 14.3 Å². The van der Waals surface area contributed by atoms with Crippen LogP contribution in [0.25, 0.3) is 0 Å². The van der Waals surface area contributed by atoms with Gasteiger partial charge in [0.2, 0.25) is 5.91 Å². The van der Waals surface area contributed by atoms with E-state index >= 15 is 0 Å². The molecule has 6 heteroatoms. The van der Waals surface area contributed by atoms with Crippen LogP contribution in [0.15, 0.2) is 0 Å². The lowest BCUT2D eigenvalue weighted by atomic mass is 9.90. The molecule has 0 aliphatic heterocycles. The molecule has 0 aromatic carbocycles. The number of nitrogens with zero attached hydrogens (tertiary/aromatic N) is 1. The van der Waals surface area contributed by atoms with Gasteiger partial charge in [-0.2, -0.15) is 0 Å². The Bertz CT molecular complexity index is 546. The molecular weight excluding hydrogens is 342 g/mol. The number of rotatable bonds is 12. The number of carbonyl (C=O) groups is 2. The molecule has 0 spiro atoms. The van der Waals surface area contributed by atoms with Crippen molar-refractivity contribution < 1.29 is 18.4 Å². The number of hydrogen-bond donors (Lipinski definition) is 2. The van der Waals surface area contributed by atoms with E-state index in [9.17, 15) is 9.59 Å². The van der Waals surface area contributed by atoms with Gasteiger partial charge in [-0.3, -0.25) is 20.3 Å². The van der Waals surface area contributed by atoms with Crippen LogP contribution >= 0.6 is 0 Å². The van der Waals surface area contributed by atoms with Gasteiger partial charge in [0.1, 0.15) is 12.6 Å². The van der Waals surface area contributed by atoms with Gasteiger partial charge in [-0.1, -0.05) is 72.6 Å². The highest BCUT2D eigenvalue weighted by Crippen LogP contribution is 2.21. The van der Waals surface area contributed by atoms with Gasteiger partial charge in [-0.25, -0.2) is 0 Å². The average molecular weight is 387 g/mol. The van der Waals surface area contributed by atoms with Crippen LogP contribution in [0.2, 0.25) is 0 Å². The van der Waals surface area contributed by atoms with Gasteiger partial charge in [-0.05, 0) is 18.8 Å². The first-order valence-corrected chi connectivity index (χ1v) is 10.1. The summed E-state index contributed by atoms with van der Waals surface area (Å²) in [4.78, 5) is 24.8. The van der Waals surface area contributed by atoms with Crippen LogP contribution in [0.5, 0.6) is 0 Å². The lowest BCUT2D eigenvalue weighted by molar-refractivity contribution is -0.153. The van der Waals surface area contributed by atoms with Gasteiger partial charge in [0.15, 0.2) is 5.96 Å². The Labute approximate surface area is 170 Å². The van der Waals surface area contributed by atoms with Crippen molar-refractivity contribution in [3.63, 3.8) is 0 Å². The molecule has 1 amide bonds. The van der Waals surface area contributed by atoms with Crippen LogP contribution in [0.4, 0.5) is 0 Å². The zero-order valence-electron chi connectivity index (χ0n) is 20.8. The van der Waals surface area contributed by atoms with Crippen molar-refractivity contribution >= 4 is 17.8 Å². The molecule has 1 unspecified atom stereocenters. The number of hydrogen-bond acceptors (Lipinski definition) is 4. The Morgan fingerprint density at radius 2 is 1.67 bits per heavy atom. The fourth-order valence-electron chi connectivity index (χ4n) is 2.30. The van der Waals surface area contributed by atoms with Gasteiger partial charge in [0.25, 0.3) is 0 Å². The molecule has 0 aliphatic carbocycles. The summed E-state index contributed by atoms with van der Waals surface area (Å²) >= 11 is 0. The van der Waals surface area contributed by atoms with Gasteiger partial charge in [-0.15, -0.1) is 0 Å². The van der Waals surface area contributed by atoms with Crippen LogP contribution in [0.1, 0.15) is 96.5 Å². The molecule has 0 aromatic heterocycles. The molecule has 0 saturated heterocycles. The quantitative estimate of drug-likeness (QED) is 0.224. The third-order valence-corrected chi connectivity index (χ3v) is 4.60. The number of guanidine groups is 1. The number of ether oxygens (including phenoxy) is 1. The highest BCUT2D eigenvalue weighted by molar-refractivity contribution is 5.96. The van der Waals surface area contributed by atoms with E-state index in [-0.39, 0.29) is 11.8 Å². The largest absolute Gasteiger partial charge is 0.461 e. The first-order valence-electron chi connectivity index (χ1n) is 11.6. The number of amides is 1. The number of carbonyl (C=O) groups excluding carboxylic acids is 2. The molecule has 0 radical (unpaired) electrons. The smallest absolute Gasteiger partial charge is 0.325 e. The topological polar surface area (TPSA) is 82.5 Å². The predicted octanol–water partition coefficient (Wildman–Crippen LogP) is 4.48. The molecule has 1 atom stereocenters. The van der Waals surface area contributed by atoms with Crippen molar-refractivity contribution in [3.8, 4) is 0 Å². The Morgan fingerprint density at radius 1 is 1.11 bits per heavy atom. The second-order valence-corrected chi connectivity index (χ2v) is 8.21. The molecule has 0 rings (SSSR count). The molecule has 2 N–H and O–H groups in total. The second kappa shape index (κ2) is 13.6. The summed E-state index contributed by atoms with van der Waals surface area (Å²) in [6.45, 7) is 6.24. The second-order valence-electron chi connectivity index (χ2n) is 8.21. The Kier molecular flexibility index (Phi) is 10.1. The molecule has 6 nitrogen and oxygen atoms in total. The van der Waals surface area contributed by atoms with Crippen LogP contribution in [0.3, 0.4) is 0 Å². The first-order chi connectivity index (χ1) is 13.8. The van der Waals surface area contributed by atoms with E-state index in [0.29, 0.717) is 11.3 Å². The van der Waals surface area contributed by atoms with E-state index in [1.165, 1.54) is 25.7 Å². The van der Waals surface area contributed by atoms with E-state index in [1.807, 2.05) is 20.8 Å². The van der Waals surface area contributed by atoms with Gasteiger partial charge < -0.3 is 9.64 Å². The third kappa shape index (κ3) is 13.3. The monoisotopic (exact) mass is 386 g/mol. The van der Waals surface area contributed by atoms with Crippen LogP contribution < -0.4 is 5.32 Å². The molecule has 27 heavy (non-hydrogen) atoms. The molecular formula is C21H41N3O3. The van der Waals surface area contributed by atoms with Crippen LogP contribution in [0, 0.1) is 10.8 Å². The summed E-state index contributed by atoms with van der Waals surface area (Å²) < 4.78 is 28.0. The predicted molar refractivity (Wildman–Crippen MR) is 111 cm³/mol. The maximum Gasteiger partial charge on any atom is 0.325 e. The fourth-order valence-corrected chi connectivity index (χ4v) is 2.30. The van der Waals surface area contributed by atoms with Crippen molar-refractivity contribution in [2.75, 3.05) is 13.5 Å². The van der Waals surface area contributed by atoms with Crippen molar-refractivity contribution in [2.45, 2.75) is 98.5 Å². The summed E-state index contributed by atoms with van der Waals surface area (Å²) in [6.07, 6.45) is 8.55. The van der Waals surface area contributed by atoms with Crippen LogP contribution in [-0.4, -0.2) is 42.4 Å². The SMILES string of the molecule is [2H]C([2H])([2H])N(CC(=O)OC(C)C(C)(C)C)C(=N)NC(=O)CCCCCCCCCC. The Hall–Kier alpha value is -1.59. The normalized spacial score (nSPS) is 14.5. The van der Waals surface area contributed by atoms with Gasteiger partial charge in [0, 0.05) is 17.5 Å². The maximum atomic E-state index is 12.2. The van der Waals surface area contributed by atoms with Crippen molar-refractivity contribution in [2.24, 2.45) is 5.41 Å². The zero-order valence-corrected chi connectivity index (χ0v) is 17.8. The summed E-state index contributed by atoms with van der Waals surface area (Å²) in [5, 5.41) is 10.3. The zero-order chi connectivity index (χ0) is 23.4. The first kappa shape index (κ1) is 20.2. The van der Waals surface area contributed by atoms with Gasteiger partial charge in [0.05, 0.1) is 0 Å². The Morgan fingerprint density at radius 3 is 2.19 bits per heavy atom. The Balaban J connectivity index is 4.47. The van der Waals surface area contributed by atoms with E-state index in [0.717, 1.165) is 19.3 Å². The van der Waals surface area contributed by atoms with E-state index in [4.69, 9.17) is 14.3 Å². The fraction of sp³-hybridized carbons (Fsp3) is 0.857. The number of nitrogens with one attached hydrogen (secondary N) is 2. The summed E-state index contributed by atoms with van der Waals surface area (Å²) in [7, 11) is 0. The minimum Gasteiger partial charge on any atom is -0.461 e. The minimum atomic E-state index is -2.74. The number of esters is 1. The third-order valence-electron chi connectivity index (χ3n) is 4.60. The number of unbranched alkanes of at least 4 members (excludes halogenated alkanes) is 7.